The van der Waals surface area contributed by atoms with Gasteiger partial charge in [-0.25, -0.2) is 4.79 Å². The second-order valence-corrected chi connectivity index (χ2v) is 8.99. The van der Waals surface area contributed by atoms with Crippen LogP contribution in [-0.2, 0) is 27.9 Å². The van der Waals surface area contributed by atoms with Gasteiger partial charge in [-0.2, -0.15) is 0 Å². The smallest absolute Gasteiger partial charge is 0.375 e. The number of benzene rings is 3. The minimum atomic E-state index is -3.87. The highest BCUT2D eigenvalue weighted by molar-refractivity contribution is 7.54. The molecule has 0 spiro atoms. The van der Waals surface area contributed by atoms with Crippen molar-refractivity contribution in [3.63, 3.8) is 0 Å². The highest BCUT2D eigenvalue weighted by atomic mass is 31.2. The molecule has 0 saturated heterocycles. The van der Waals surface area contributed by atoms with Crippen LogP contribution in [0.3, 0.4) is 0 Å². The van der Waals surface area contributed by atoms with Gasteiger partial charge in [-0.15, -0.1) is 0 Å². The quantitative estimate of drug-likeness (QED) is 0.278. The molecule has 7 nitrogen and oxygen atoms in total. The maximum Gasteiger partial charge on any atom is 0.375 e. The minimum absolute atomic E-state index is 0.390. The second-order valence-electron chi connectivity index (χ2n) is 6.71. The summed E-state index contributed by atoms with van der Waals surface area (Å²) in [5.74, 6) is -0.957. The number of esters is 1. The van der Waals surface area contributed by atoms with Crippen molar-refractivity contribution in [2.24, 2.45) is 0 Å². The van der Waals surface area contributed by atoms with Gasteiger partial charge in [0.25, 0.3) is 0 Å². The Balaban J connectivity index is 1.92. The Morgan fingerprint density at radius 2 is 1.31 bits per heavy atom. The summed E-state index contributed by atoms with van der Waals surface area (Å²) in [4.78, 5) is 13.0. The lowest BCUT2D eigenvalue weighted by atomic mass is 10.1. The number of rotatable bonds is 10. The third-order valence-corrected chi connectivity index (χ3v) is 6.69. The van der Waals surface area contributed by atoms with E-state index in [1.165, 1.54) is 21.3 Å². The van der Waals surface area contributed by atoms with Crippen molar-refractivity contribution in [1.82, 2.24) is 0 Å². The van der Waals surface area contributed by atoms with Crippen molar-refractivity contribution in [3.05, 3.63) is 96.1 Å². The summed E-state index contributed by atoms with van der Waals surface area (Å²) in [6.07, 6.45) is -1.01. The molecule has 32 heavy (non-hydrogen) atoms. The molecule has 0 aliphatic rings. The first-order valence-corrected chi connectivity index (χ1v) is 11.4. The third kappa shape index (κ3) is 5.64. The number of carbonyl (C=O) groups is 1. The zero-order valence-electron chi connectivity index (χ0n) is 18.0. The Morgan fingerprint density at radius 3 is 1.91 bits per heavy atom. The van der Waals surface area contributed by atoms with E-state index >= 15 is 0 Å². The van der Waals surface area contributed by atoms with Crippen LogP contribution in [0.5, 0.6) is 11.5 Å². The topological polar surface area (TPSA) is 80.3 Å². The zero-order valence-corrected chi connectivity index (χ0v) is 18.9. The molecule has 0 unspecified atom stereocenters. The van der Waals surface area contributed by atoms with Crippen LogP contribution in [0, 0.1) is 0 Å². The zero-order chi connectivity index (χ0) is 23.0. The highest BCUT2D eigenvalue weighted by Gasteiger charge is 2.40. The molecule has 168 valence electrons. The summed E-state index contributed by atoms with van der Waals surface area (Å²) in [7, 11) is 0.00511. The summed E-state index contributed by atoms with van der Waals surface area (Å²) in [5, 5.41) is 0. The third-order valence-electron chi connectivity index (χ3n) is 4.70. The Kier molecular flexibility index (Phi) is 8.20. The molecule has 0 bridgehead atoms. The lowest BCUT2D eigenvalue weighted by molar-refractivity contribution is -0.159. The van der Waals surface area contributed by atoms with E-state index in [9.17, 15) is 9.36 Å². The molecule has 0 N–H and O–H groups in total. The van der Waals surface area contributed by atoms with Crippen LogP contribution >= 0.6 is 7.60 Å². The van der Waals surface area contributed by atoms with Crippen LogP contribution in [0.2, 0.25) is 0 Å². The molecular formula is C24H25O7P. The van der Waals surface area contributed by atoms with E-state index in [1.807, 2.05) is 36.4 Å². The molecule has 0 aliphatic carbocycles. The Morgan fingerprint density at radius 1 is 0.750 bits per heavy atom. The Bertz CT molecular complexity index is 1050. The lowest BCUT2D eigenvalue weighted by Crippen LogP contribution is -2.21. The van der Waals surface area contributed by atoms with Crippen molar-refractivity contribution in [1.29, 1.82) is 0 Å². The molecule has 0 amide bonds. The van der Waals surface area contributed by atoms with Gasteiger partial charge < -0.3 is 23.3 Å². The fourth-order valence-electron chi connectivity index (χ4n) is 3.11. The molecule has 8 heteroatoms. The molecule has 3 rings (SSSR count). The van der Waals surface area contributed by atoms with E-state index in [4.69, 9.17) is 23.3 Å². The SMILES string of the molecule is CO[C@H](C(=O)O[C@H](c1cccc(Oc2ccccc2)c1)P(=O)(OC)OC)c1ccccc1. The molecule has 0 radical (unpaired) electrons. The summed E-state index contributed by atoms with van der Waals surface area (Å²) in [5.41, 5.74) is 0.992. The van der Waals surface area contributed by atoms with Gasteiger partial charge in [0.05, 0.1) is 0 Å². The molecule has 2 atom stereocenters. The second kappa shape index (κ2) is 11.1. The number of carbonyl (C=O) groups excluding carboxylic acids is 1. The normalized spacial score (nSPS) is 13.2. The highest BCUT2D eigenvalue weighted by Crippen LogP contribution is 2.61. The van der Waals surface area contributed by atoms with Crippen molar-refractivity contribution in [2.45, 2.75) is 11.9 Å². The average Bonchev–Trinajstić information content (AvgIpc) is 2.84. The van der Waals surface area contributed by atoms with Gasteiger partial charge in [0, 0.05) is 26.9 Å². The van der Waals surface area contributed by atoms with Gasteiger partial charge in [-0.3, -0.25) is 4.57 Å². The molecule has 0 fully saturated rings. The first-order chi connectivity index (χ1) is 15.5. The van der Waals surface area contributed by atoms with E-state index in [-0.39, 0.29) is 0 Å². The fourth-order valence-corrected chi connectivity index (χ4v) is 4.40. The van der Waals surface area contributed by atoms with E-state index < -0.39 is 25.5 Å². The average molecular weight is 456 g/mol. The van der Waals surface area contributed by atoms with Gasteiger partial charge in [-0.1, -0.05) is 60.7 Å². The summed E-state index contributed by atoms with van der Waals surface area (Å²) >= 11 is 0. The largest absolute Gasteiger partial charge is 0.457 e. The van der Waals surface area contributed by atoms with E-state index in [1.54, 1.807) is 48.5 Å². The number of ether oxygens (including phenoxy) is 3. The van der Waals surface area contributed by atoms with Crippen molar-refractivity contribution < 1.29 is 32.6 Å². The van der Waals surface area contributed by atoms with Crippen LogP contribution in [0.15, 0.2) is 84.9 Å². The number of methoxy groups -OCH3 is 1. The maximum atomic E-state index is 13.3. The standard InChI is InChI=1S/C24H25O7P/c1-27-22(18-11-6-4-7-12-18)23(25)31-24(32(26,28-2)29-3)19-13-10-16-21(17-19)30-20-14-8-5-9-15-20/h4-17,22,24H,1-3H3/t22-,24-/m0/s1. The summed E-state index contributed by atoms with van der Waals surface area (Å²) in [6.45, 7) is 0. The van der Waals surface area contributed by atoms with E-state index in [0.29, 0.717) is 22.6 Å². The molecule has 0 aromatic heterocycles. The van der Waals surface area contributed by atoms with E-state index in [2.05, 4.69) is 0 Å². The maximum absolute atomic E-state index is 13.3. The molecular weight excluding hydrogens is 431 g/mol. The minimum Gasteiger partial charge on any atom is -0.457 e. The Labute approximate surface area is 187 Å². The van der Waals surface area contributed by atoms with Crippen LogP contribution < -0.4 is 4.74 Å². The first-order valence-electron chi connectivity index (χ1n) is 9.83. The monoisotopic (exact) mass is 456 g/mol. The Hall–Kier alpha value is -2.96. The van der Waals surface area contributed by atoms with Crippen LogP contribution in [0.4, 0.5) is 0 Å². The molecule has 0 saturated carbocycles. The van der Waals surface area contributed by atoms with Crippen LogP contribution in [0.1, 0.15) is 23.1 Å². The molecule has 3 aromatic carbocycles. The fraction of sp³-hybridized carbons (Fsp3) is 0.208. The van der Waals surface area contributed by atoms with Gasteiger partial charge >= 0.3 is 13.6 Å². The first kappa shape index (κ1) is 23.7. The van der Waals surface area contributed by atoms with Crippen LogP contribution in [-0.4, -0.2) is 27.3 Å². The summed E-state index contributed by atoms with van der Waals surface area (Å²) < 4.78 is 40.5. The van der Waals surface area contributed by atoms with Crippen molar-refractivity contribution in [2.75, 3.05) is 21.3 Å². The lowest BCUT2D eigenvalue weighted by Gasteiger charge is -2.26. The van der Waals surface area contributed by atoms with Crippen molar-refractivity contribution >= 4 is 13.6 Å². The molecule has 0 heterocycles. The van der Waals surface area contributed by atoms with Gasteiger partial charge in [0.15, 0.2) is 6.10 Å². The molecule has 0 aliphatic heterocycles. The van der Waals surface area contributed by atoms with Gasteiger partial charge in [0.1, 0.15) is 11.5 Å². The number of para-hydroxylation sites is 1. The van der Waals surface area contributed by atoms with E-state index in [0.717, 1.165) is 0 Å². The predicted octanol–water partition coefficient (Wildman–Crippen LogP) is 5.89. The number of hydrogen-bond acceptors (Lipinski definition) is 7. The van der Waals surface area contributed by atoms with Gasteiger partial charge in [0.2, 0.25) is 5.85 Å². The van der Waals surface area contributed by atoms with Crippen molar-refractivity contribution in [3.8, 4) is 11.5 Å². The molecule has 3 aromatic rings. The van der Waals surface area contributed by atoms with Crippen LogP contribution in [0.25, 0.3) is 0 Å². The summed E-state index contributed by atoms with van der Waals surface area (Å²) in [6, 6.07) is 24.8. The number of hydrogen-bond donors (Lipinski definition) is 0. The predicted molar refractivity (Wildman–Crippen MR) is 120 cm³/mol. The van der Waals surface area contributed by atoms with Gasteiger partial charge in [-0.05, 0) is 29.8 Å².